The van der Waals surface area contributed by atoms with Gasteiger partial charge in [0.05, 0.1) is 18.6 Å². The molecule has 2 unspecified atom stereocenters. The van der Waals surface area contributed by atoms with Gasteiger partial charge in [0.2, 0.25) is 0 Å². The largest absolute Gasteiger partial charge is 1.00 e. The highest BCUT2D eigenvalue weighted by Crippen LogP contribution is 2.47. The number of nitrogens with zero attached hydrogens (tertiary/aromatic N) is 2. The topological polar surface area (TPSA) is 33.1 Å². The van der Waals surface area contributed by atoms with E-state index in [0.717, 1.165) is 47.0 Å². The monoisotopic (exact) mass is 420 g/mol. The molecule has 5 atom stereocenters. The number of halogens is 1. The molecule has 6 rings (SSSR count). The SMILES string of the molecule is C=CC1C[N+]2(Cc3ccccc3)CC[C@H]1C[C@H]2[C@@H](O)c1ccnc2ccccc12.[Cl-]. The second-order valence-electron chi connectivity index (χ2n) is 8.88. The second-order valence-corrected chi connectivity index (χ2v) is 8.88. The number of benzene rings is 2. The van der Waals surface area contributed by atoms with E-state index in [1.54, 1.807) is 0 Å². The number of fused-ring (bicyclic) bond motifs is 4. The lowest BCUT2D eigenvalue weighted by Gasteiger charge is -2.58. The molecule has 0 saturated carbocycles. The Morgan fingerprint density at radius 1 is 1.10 bits per heavy atom. The fourth-order valence-corrected chi connectivity index (χ4v) is 5.91. The van der Waals surface area contributed by atoms with Gasteiger partial charge in [0.25, 0.3) is 0 Å². The number of hydrogen-bond acceptors (Lipinski definition) is 2. The standard InChI is InChI=1S/C26H29N2O.ClH/c1-2-20-18-28(17-19-8-4-3-5-9-19)15-13-21(20)16-25(28)26(29)23-12-14-27-24-11-7-6-10-22(23)24;/h2-12,14,20-21,25-26,29H,1,13,15-18H2;1H/q+1;/p-1/t20?,21-,25-,26-,28?;/m0./s1. The van der Waals surface area contributed by atoms with Gasteiger partial charge < -0.3 is 22.0 Å². The zero-order valence-electron chi connectivity index (χ0n) is 17.2. The summed E-state index contributed by atoms with van der Waals surface area (Å²) in [5.74, 6) is 1.18. The van der Waals surface area contributed by atoms with Crippen LogP contribution in [0.15, 0.2) is 79.5 Å². The molecule has 3 nitrogen and oxygen atoms in total. The highest BCUT2D eigenvalue weighted by atomic mass is 35.5. The van der Waals surface area contributed by atoms with Crippen molar-refractivity contribution in [2.45, 2.75) is 31.5 Å². The van der Waals surface area contributed by atoms with E-state index >= 15 is 0 Å². The van der Waals surface area contributed by atoms with Crippen LogP contribution in [0.4, 0.5) is 0 Å². The molecule has 0 radical (unpaired) electrons. The maximum atomic E-state index is 11.7. The van der Waals surface area contributed by atoms with Crippen molar-refractivity contribution in [3.8, 4) is 0 Å². The first-order chi connectivity index (χ1) is 14.2. The Bertz CT molecular complexity index is 1020. The van der Waals surface area contributed by atoms with Gasteiger partial charge in [-0.25, -0.2) is 0 Å². The van der Waals surface area contributed by atoms with Gasteiger partial charge in [0.15, 0.2) is 0 Å². The summed E-state index contributed by atoms with van der Waals surface area (Å²) in [6.07, 6.45) is 5.79. The molecule has 2 bridgehead atoms. The minimum Gasteiger partial charge on any atom is -1.00 e. The smallest absolute Gasteiger partial charge is 0.131 e. The molecule has 1 aromatic heterocycles. The minimum absolute atomic E-state index is 0. The lowest BCUT2D eigenvalue weighted by Crippen LogP contribution is -3.00. The number of hydrogen-bond donors (Lipinski definition) is 1. The van der Waals surface area contributed by atoms with Gasteiger partial charge in [-0.05, 0) is 23.6 Å². The number of aromatic nitrogens is 1. The summed E-state index contributed by atoms with van der Waals surface area (Å²) in [6.45, 7) is 7.32. The van der Waals surface area contributed by atoms with Crippen LogP contribution in [0.25, 0.3) is 10.9 Å². The van der Waals surface area contributed by atoms with E-state index in [2.05, 4.69) is 54.0 Å². The van der Waals surface area contributed by atoms with Crippen molar-refractivity contribution in [2.24, 2.45) is 11.8 Å². The molecule has 0 amide bonds. The molecule has 4 heteroatoms. The predicted octanol–water partition coefficient (Wildman–Crippen LogP) is 1.88. The highest BCUT2D eigenvalue weighted by Gasteiger charge is 2.53. The van der Waals surface area contributed by atoms with Crippen LogP contribution in [-0.2, 0) is 6.54 Å². The average molecular weight is 421 g/mol. The minimum atomic E-state index is -0.486. The summed E-state index contributed by atoms with van der Waals surface area (Å²) in [6, 6.07) is 21.2. The first kappa shape index (κ1) is 21.0. The van der Waals surface area contributed by atoms with Crippen molar-refractivity contribution in [2.75, 3.05) is 13.1 Å². The maximum absolute atomic E-state index is 11.7. The number of piperidine rings is 3. The van der Waals surface area contributed by atoms with Gasteiger partial charge in [-0.1, -0.05) is 54.6 Å². The van der Waals surface area contributed by atoms with Crippen molar-refractivity contribution >= 4 is 10.9 Å². The Labute approximate surface area is 185 Å². The maximum Gasteiger partial charge on any atom is 0.131 e. The third-order valence-electron chi connectivity index (χ3n) is 7.38. The van der Waals surface area contributed by atoms with Crippen LogP contribution in [0.5, 0.6) is 0 Å². The summed E-state index contributed by atoms with van der Waals surface area (Å²) in [5.41, 5.74) is 3.33. The van der Waals surface area contributed by atoms with Crippen molar-refractivity contribution in [3.05, 3.63) is 90.6 Å². The van der Waals surface area contributed by atoms with E-state index in [-0.39, 0.29) is 18.4 Å². The molecule has 30 heavy (non-hydrogen) atoms. The molecule has 3 fully saturated rings. The molecule has 2 aromatic carbocycles. The normalized spacial score (nSPS) is 28.6. The highest BCUT2D eigenvalue weighted by molar-refractivity contribution is 5.82. The Kier molecular flexibility index (Phi) is 5.97. The molecule has 0 spiro atoms. The first-order valence-corrected chi connectivity index (χ1v) is 10.7. The first-order valence-electron chi connectivity index (χ1n) is 10.7. The fourth-order valence-electron chi connectivity index (χ4n) is 5.91. The Morgan fingerprint density at radius 2 is 1.87 bits per heavy atom. The third-order valence-corrected chi connectivity index (χ3v) is 7.38. The molecule has 3 aromatic rings. The van der Waals surface area contributed by atoms with Crippen LogP contribution < -0.4 is 12.4 Å². The van der Waals surface area contributed by atoms with Crippen LogP contribution >= 0.6 is 0 Å². The van der Waals surface area contributed by atoms with Crippen LogP contribution in [0, 0.1) is 11.8 Å². The van der Waals surface area contributed by atoms with Crippen LogP contribution in [0.1, 0.15) is 30.1 Å². The summed E-state index contributed by atoms with van der Waals surface area (Å²) in [5, 5.41) is 12.8. The number of rotatable bonds is 5. The van der Waals surface area contributed by atoms with Gasteiger partial charge in [0, 0.05) is 35.9 Å². The third kappa shape index (κ3) is 3.56. The van der Waals surface area contributed by atoms with E-state index < -0.39 is 6.10 Å². The van der Waals surface area contributed by atoms with Gasteiger partial charge in [0.1, 0.15) is 18.7 Å². The van der Waals surface area contributed by atoms with Crippen molar-refractivity contribution in [1.29, 1.82) is 0 Å². The fraction of sp³-hybridized carbons (Fsp3) is 0.346. The molecular weight excluding hydrogens is 392 g/mol. The van der Waals surface area contributed by atoms with Gasteiger partial charge in [-0.15, -0.1) is 6.58 Å². The van der Waals surface area contributed by atoms with Gasteiger partial charge in [-0.2, -0.15) is 0 Å². The number of para-hydroxylation sites is 1. The molecule has 156 valence electrons. The van der Waals surface area contributed by atoms with E-state index in [0.29, 0.717) is 11.8 Å². The summed E-state index contributed by atoms with van der Waals surface area (Å²) < 4.78 is 0.953. The van der Waals surface area contributed by atoms with E-state index in [1.165, 1.54) is 12.0 Å². The molecule has 4 heterocycles. The van der Waals surface area contributed by atoms with Gasteiger partial charge in [-0.3, -0.25) is 4.98 Å². The van der Waals surface area contributed by atoms with Crippen molar-refractivity contribution in [3.63, 3.8) is 0 Å². The van der Waals surface area contributed by atoms with Crippen molar-refractivity contribution in [1.82, 2.24) is 4.98 Å². The zero-order valence-corrected chi connectivity index (χ0v) is 18.0. The lowest BCUT2D eigenvalue weighted by atomic mass is 9.71. The molecule has 3 aliphatic heterocycles. The molecule has 0 aliphatic carbocycles. The van der Waals surface area contributed by atoms with Gasteiger partial charge >= 0.3 is 0 Å². The summed E-state index contributed by atoms with van der Waals surface area (Å²) in [4.78, 5) is 4.50. The Morgan fingerprint density at radius 3 is 2.67 bits per heavy atom. The lowest BCUT2D eigenvalue weighted by molar-refractivity contribution is -0.984. The number of pyridine rings is 1. The second kappa shape index (κ2) is 8.50. The molecular formula is C26H29ClN2O. The van der Waals surface area contributed by atoms with Crippen LogP contribution in [0.3, 0.4) is 0 Å². The molecule has 3 aliphatic rings. The summed E-state index contributed by atoms with van der Waals surface area (Å²) in [7, 11) is 0. The van der Waals surface area contributed by atoms with Crippen LogP contribution in [-0.4, -0.2) is 33.7 Å². The summed E-state index contributed by atoms with van der Waals surface area (Å²) >= 11 is 0. The van der Waals surface area contributed by atoms with Crippen molar-refractivity contribution < 1.29 is 22.0 Å². The molecule has 1 N–H and O–H groups in total. The zero-order chi connectivity index (χ0) is 19.8. The number of aliphatic hydroxyl groups excluding tert-OH is 1. The predicted molar refractivity (Wildman–Crippen MR) is 117 cm³/mol. The van der Waals surface area contributed by atoms with E-state index in [4.69, 9.17) is 0 Å². The van der Waals surface area contributed by atoms with E-state index in [1.807, 2.05) is 30.5 Å². The Hall–Kier alpha value is -2.20. The van der Waals surface area contributed by atoms with E-state index in [9.17, 15) is 5.11 Å². The average Bonchev–Trinajstić information content (AvgIpc) is 2.78. The molecule has 3 saturated heterocycles. The quantitative estimate of drug-likeness (QED) is 0.505. The number of aliphatic hydroxyl groups is 1. The Balaban J connectivity index is 0.00000218. The number of quaternary nitrogens is 1. The van der Waals surface area contributed by atoms with Crippen LogP contribution in [0.2, 0.25) is 0 Å².